The van der Waals surface area contributed by atoms with Gasteiger partial charge >= 0.3 is 29.8 Å². The molecule has 1 aromatic heterocycles. The summed E-state index contributed by atoms with van der Waals surface area (Å²) in [4.78, 5) is 111. The summed E-state index contributed by atoms with van der Waals surface area (Å²) in [6, 6.07) is 1.63. The molecule has 5 rings (SSSR count). The summed E-state index contributed by atoms with van der Waals surface area (Å²) in [6.45, 7) is 1.40. The first-order valence-corrected chi connectivity index (χ1v) is 19.3. The molecule has 0 bridgehead atoms. The van der Waals surface area contributed by atoms with Crippen LogP contribution in [0.15, 0.2) is 32.9 Å². The summed E-state index contributed by atoms with van der Waals surface area (Å²) >= 11 is 7.57. The number of fused-ring (bicyclic) bond motifs is 1. The van der Waals surface area contributed by atoms with Gasteiger partial charge < -0.3 is 46.1 Å². The van der Waals surface area contributed by atoms with Gasteiger partial charge in [0.1, 0.15) is 5.69 Å². The number of carbonyl (C=O) groups excluding carboxylic acids is 6. The van der Waals surface area contributed by atoms with Crippen molar-refractivity contribution in [3.63, 3.8) is 0 Å². The van der Waals surface area contributed by atoms with Gasteiger partial charge in [0.05, 0.1) is 41.8 Å². The maximum atomic E-state index is 13.5. The Morgan fingerprint density at radius 2 is 1.85 bits per heavy atom. The average Bonchev–Trinajstić information content (AvgIpc) is 3.78. The highest BCUT2D eigenvalue weighted by molar-refractivity contribution is 8.02. The largest absolute Gasteiger partial charge is 0.504 e. The van der Waals surface area contributed by atoms with Gasteiger partial charge in [-0.1, -0.05) is 28.5 Å². The Bertz CT molecular complexity index is 2200. The molecule has 1 aromatic carbocycles. The van der Waals surface area contributed by atoms with Crippen molar-refractivity contribution in [3.05, 3.63) is 33.8 Å². The molecule has 3 fully saturated rings. The van der Waals surface area contributed by atoms with Crippen molar-refractivity contribution in [1.82, 2.24) is 30.5 Å². The van der Waals surface area contributed by atoms with E-state index in [9.17, 15) is 58.8 Å². The minimum Gasteiger partial charge on any atom is -0.504 e. The zero-order valence-electron chi connectivity index (χ0n) is 30.9. The molecule has 0 saturated carbocycles. The van der Waals surface area contributed by atoms with Crippen LogP contribution in [0.25, 0.3) is 0 Å². The number of nitrogens with one attached hydrogen (secondary N) is 2. The van der Waals surface area contributed by atoms with Gasteiger partial charge in [-0.2, -0.15) is 10.2 Å². The predicted molar refractivity (Wildman–Crippen MR) is 208 cm³/mol. The Balaban J connectivity index is 1.13. The number of aromatic hydroxyl groups is 2. The van der Waals surface area contributed by atoms with Crippen LogP contribution in [0.2, 0.25) is 5.02 Å². The number of oxime groups is 1. The van der Waals surface area contributed by atoms with Crippen molar-refractivity contribution >= 4 is 105 Å². The second-order valence-corrected chi connectivity index (χ2v) is 16.0. The lowest BCUT2D eigenvalue weighted by atomic mass is 9.90. The third kappa shape index (κ3) is 9.20. The maximum absolute atomic E-state index is 13.5. The van der Waals surface area contributed by atoms with Crippen molar-refractivity contribution in [1.29, 1.82) is 0 Å². The first-order chi connectivity index (χ1) is 27.8. The molecular weight excluding hydrogens is 844 g/mol. The number of piperazine rings is 1. The number of ketones is 2. The van der Waals surface area contributed by atoms with E-state index in [1.807, 2.05) is 0 Å². The molecule has 0 aliphatic carbocycles. The Hall–Kier alpha value is -6.34. The summed E-state index contributed by atoms with van der Waals surface area (Å²) in [7, 11) is 0. The molecule has 314 valence electrons. The van der Waals surface area contributed by atoms with Crippen molar-refractivity contribution in [2.45, 2.75) is 49.0 Å². The molecule has 0 spiro atoms. The minimum atomic E-state index is -2.09. The number of carboxylic acids is 2. The van der Waals surface area contributed by atoms with E-state index < -0.39 is 99.2 Å². The number of thiazole rings is 1. The number of amides is 5. The van der Waals surface area contributed by atoms with Crippen LogP contribution in [-0.4, -0.2) is 148 Å². The van der Waals surface area contributed by atoms with Crippen LogP contribution in [-0.2, 0) is 33.6 Å². The van der Waals surface area contributed by atoms with Gasteiger partial charge in [0.15, 0.2) is 33.9 Å². The van der Waals surface area contributed by atoms with Crippen LogP contribution < -0.4 is 16.5 Å². The number of hydrogen-bond donors (Lipinski definition) is 7. The van der Waals surface area contributed by atoms with Crippen LogP contribution >= 0.6 is 34.7 Å². The molecule has 4 heterocycles. The van der Waals surface area contributed by atoms with E-state index in [1.54, 1.807) is 0 Å². The van der Waals surface area contributed by atoms with Crippen molar-refractivity contribution in [2.75, 3.05) is 31.9 Å². The van der Waals surface area contributed by atoms with E-state index in [2.05, 4.69) is 31.1 Å². The number of hydrazone groups is 2. The third-order valence-corrected chi connectivity index (χ3v) is 11.8. The fourth-order valence-electron chi connectivity index (χ4n) is 5.79. The number of hydrogen-bond acceptors (Lipinski definition) is 18. The molecule has 8 N–H and O–H groups in total. The number of halogens is 1. The van der Waals surface area contributed by atoms with Gasteiger partial charge in [0.25, 0.3) is 0 Å². The molecule has 3 atom stereocenters. The van der Waals surface area contributed by atoms with Gasteiger partial charge in [-0.05, 0) is 32.4 Å². The highest BCUT2D eigenvalue weighted by atomic mass is 35.5. The number of nitrogen functional groups attached to an aromatic ring is 1. The average molecular weight is 879 g/mol. The zero-order valence-corrected chi connectivity index (χ0v) is 33.2. The smallest absolute Gasteiger partial charge is 0.350 e. The number of rotatable bonds is 17. The lowest BCUT2D eigenvalue weighted by Gasteiger charge is -2.41. The van der Waals surface area contributed by atoms with E-state index in [0.717, 1.165) is 39.7 Å². The topological polar surface area (TPSA) is 336 Å². The Kier molecular flexibility index (Phi) is 13.1. The van der Waals surface area contributed by atoms with Crippen LogP contribution in [0.3, 0.4) is 0 Å². The van der Waals surface area contributed by atoms with Crippen LogP contribution in [0.4, 0.5) is 9.93 Å². The van der Waals surface area contributed by atoms with Gasteiger partial charge in [0.2, 0.25) is 16.4 Å². The number of aromatic nitrogens is 1. The molecule has 0 radical (unpaired) electrons. The highest BCUT2D eigenvalue weighted by Gasteiger charge is 2.66. The Labute approximate surface area is 345 Å². The molecule has 3 aliphatic rings. The number of carboxylic acid groups (broad SMARTS) is 2. The number of thioether (sulfide) groups is 1. The number of Topliss-reactive ketones (excluding diaryl/α,β-unsaturated/α-hetero) is 2. The standard InChI is InChI=1S/C33H35ClN10O13S2/c1-32(2,28(52)53)57-41-22(17-13-58-30(35)39-17)20(47)12-16-24(49)42-14-33(29(54)55,59-27(16)42)43-10-11-44(26(51)25(43)50)38-9-8-37-40-31(56)36-7-3-4-18(45)15-5-6-19(46)23(48)21(15)34/h5-6,8-9,13,16,27,46,48H,3-4,7,10-12,14H2,1-2H3,(H2,35,39)(H,52,53)(H,54,55)(H2,36,40,56)/b37-8+,38-9+,41-22-/t16?,27-,33-/m1/s1. The van der Waals surface area contributed by atoms with Gasteiger partial charge in [-0.25, -0.2) is 29.8 Å². The maximum Gasteiger partial charge on any atom is 0.350 e. The summed E-state index contributed by atoms with van der Waals surface area (Å²) in [5, 5.41) is 53.6. The summed E-state index contributed by atoms with van der Waals surface area (Å²) in [5.41, 5.74) is 5.57. The second-order valence-electron chi connectivity index (χ2n) is 13.3. The number of anilines is 1. The molecular formula is C33H35ClN10O13S2. The Morgan fingerprint density at radius 1 is 1.12 bits per heavy atom. The monoisotopic (exact) mass is 878 g/mol. The quantitative estimate of drug-likeness (QED) is 0.0213. The zero-order chi connectivity index (χ0) is 43.4. The summed E-state index contributed by atoms with van der Waals surface area (Å²) < 4.78 is 0. The fourth-order valence-corrected chi connectivity index (χ4v) is 8.30. The van der Waals surface area contributed by atoms with Crippen molar-refractivity contribution < 1.29 is 63.6 Å². The van der Waals surface area contributed by atoms with Crippen molar-refractivity contribution in [3.8, 4) is 11.5 Å². The molecule has 1 unspecified atom stereocenters. The molecule has 26 heteroatoms. The molecule has 59 heavy (non-hydrogen) atoms. The predicted octanol–water partition coefficient (Wildman–Crippen LogP) is 0.250. The minimum absolute atomic E-state index is 0.00571. The highest BCUT2D eigenvalue weighted by Crippen LogP contribution is 2.52. The lowest BCUT2D eigenvalue weighted by Crippen LogP contribution is -2.65. The fraction of sp³-hybridized carbons (Fsp3) is 0.394. The first kappa shape index (κ1) is 43.8. The number of nitrogens with zero attached hydrogens (tertiary/aromatic N) is 7. The van der Waals surface area contributed by atoms with Crippen LogP contribution in [0.5, 0.6) is 11.5 Å². The van der Waals surface area contributed by atoms with Gasteiger partial charge in [0, 0.05) is 36.9 Å². The molecule has 3 saturated heterocycles. The summed E-state index contributed by atoms with van der Waals surface area (Å²) in [5.74, 6) is -9.27. The van der Waals surface area contributed by atoms with E-state index in [4.69, 9.17) is 22.2 Å². The number of benzene rings is 1. The van der Waals surface area contributed by atoms with Crippen LogP contribution in [0.1, 0.15) is 49.2 Å². The van der Waals surface area contributed by atoms with E-state index in [-0.39, 0.29) is 53.9 Å². The van der Waals surface area contributed by atoms with Gasteiger partial charge in [-0.3, -0.25) is 24.0 Å². The molecule has 23 nitrogen and oxygen atoms in total. The Morgan fingerprint density at radius 3 is 2.51 bits per heavy atom. The van der Waals surface area contributed by atoms with Gasteiger partial charge in [-0.15, -0.1) is 11.3 Å². The SMILES string of the molecule is CC(C)(O/N=C(\C(=O)CC1C(=O)N2C[C@@](C(=O)O)(N3CCN(/N=C/C=N/NC(=O)NCCCC(=O)c4ccc(O)c(O)c4Cl)C(=O)C3=O)S[C@H]12)c1csc(N)n1)C(=O)O. The first-order valence-electron chi connectivity index (χ1n) is 17.2. The number of phenolic OH excluding ortho intramolecular Hbond substituents is 2. The summed E-state index contributed by atoms with van der Waals surface area (Å²) in [6.07, 6.45) is 1.63. The number of urea groups is 1. The number of β-lactam (4-membered cyclic amide) rings is 1. The third-order valence-electron chi connectivity index (χ3n) is 9.01. The molecule has 3 aliphatic heterocycles. The van der Waals surface area contributed by atoms with Crippen LogP contribution in [0, 0.1) is 5.92 Å². The number of carbonyl (C=O) groups is 8. The number of nitrogens with two attached hydrogens (primary N) is 1. The van der Waals surface area contributed by atoms with Crippen molar-refractivity contribution in [2.24, 2.45) is 21.3 Å². The molecule has 5 amide bonds. The van der Waals surface area contributed by atoms with E-state index in [1.165, 1.54) is 30.2 Å². The lowest BCUT2D eigenvalue weighted by molar-refractivity contribution is -0.166. The number of phenols is 2. The second kappa shape index (κ2) is 17.7. The van der Waals surface area contributed by atoms with E-state index in [0.29, 0.717) is 11.8 Å². The number of aliphatic carboxylic acids is 2. The molecule has 2 aromatic rings. The normalized spacial score (nSPS) is 20.8. The van der Waals surface area contributed by atoms with E-state index >= 15 is 0 Å².